The zero-order valence-electron chi connectivity index (χ0n) is 67.8. The number of nitrogens with one attached hydrogen (secondary N) is 11. The second-order valence-electron chi connectivity index (χ2n) is 29.5. The first-order chi connectivity index (χ1) is 55.2. The molecule has 0 spiro atoms. The zero-order valence-corrected chi connectivity index (χ0v) is 70.2. The van der Waals surface area contributed by atoms with Crippen molar-refractivity contribution in [2.45, 2.75) is 245 Å². The van der Waals surface area contributed by atoms with Crippen LogP contribution in [0.4, 0.5) is 14.4 Å². The fraction of sp³-hybridized carbons (Fsp3) is 0.628. The number of aliphatic carboxylic acids is 4. The minimum Gasteiger partial charge on any atom is -0.508 e. The van der Waals surface area contributed by atoms with Gasteiger partial charge in [0.25, 0.3) is 5.91 Å². The lowest BCUT2D eigenvalue weighted by atomic mass is 9.93. The largest absolute Gasteiger partial charge is 0.508 e. The molecule has 0 aliphatic carbocycles. The molecule has 5 unspecified atom stereocenters. The van der Waals surface area contributed by atoms with Gasteiger partial charge in [-0.1, -0.05) is 132 Å². The second-order valence-corrected chi connectivity index (χ2v) is 33.1. The number of nitrogens with zero attached hydrogens (tertiary/aromatic N) is 3. The van der Waals surface area contributed by atoms with Gasteiger partial charge in [0, 0.05) is 79.5 Å². The highest BCUT2D eigenvalue weighted by Gasteiger charge is 2.38. The Balaban J connectivity index is 1.21. The van der Waals surface area contributed by atoms with Crippen LogP contribution in [0.3, 0.4) is 0 Å². The molecule has 1 aliphatic heterocycles. The maximum absolute atomic E-state index is 14.9. The van der Waals surface area contributed by atoms with Gasteiger partial charge in [0.15, 0.2) is 0 Å². The van der Waals surface area contributed by atoms with Gasteiger partial charge in [-0.25, -0.2) is 29.6 Å². The van der Waals surface area contributed by atoms with Gasteiger partial charge in [-0.15, -0.1) is 11.3 Å². The zero-order chi connectivity index (χ0) is 85.8. The number of amides is 12. The molecule has 2 aromatic carbocycles. The van der Waals surface area contributed by atoms with Gasteiger partial charge in [0.1, 0.15) is 48.9 Å². The molecule has 1 saturated heterocycles. The maximum atomic E-state index is 14.9. The number of aromatic nitrogens is 1. The van der Waals surface area contributed by atoms with Crippen LogP contribution in [0.25, 0.3) is 0 Å². The van der Waals surface area contributed by atoms with Gasteiger partial charge in [0.2, 0.25) is 35.4 Å². The van der Waals surface area contributed by atoms with Crippen molar-refractivity contribution in [3.8, 4) is 5.75 Å². The summed E-state index contributed by atoms with van der Waals surface area (Å²) in [6, 6.07) is 3.83. The molecule has 4 rings (SSSR count). The number of hydrogen-bond acceptors (Lipinski definition) is 22. The Hall–Kier alpha value is -9.53. The molecule has 35 nitrogen and oxygen atoms in total. The quantitative estimate of drug-likeness (QED) is 0.0127. The third-order valence-corrected chi connectivity index (χ3v) is 22.7. The lowest BCUT2D eigenvalue weighted by Crippen LogP contribution is -2.59. The number of hydrazine groups is 1. The summed E-state index contributed by atoms with van der Waals surface area (Å²) >= 11 is 1.31. The van der Waals surface area contributed by atoms with Gasteiger partial charge >= 0.3 is 42.0 Å². The molecule has 0 bridgehead atoms. The van der Waals surface area contributed by atoms with E-state index in [1.807, 2.05) is 34.7 Å². The average molecular weight is 1690 g/mol. The number of unbranched alkanes of at least 4 members (excludes halogenated alkanes) is 4. The number of carbonyl (C=O) groups excluding carboxylic acids is 10. The monoisotopic (exact) mass is 1680 g/mol. The molecule has 0 radical (unpaired) electrons. The van der Waals surface area contributed by atoms with Crippen molar-refractivity contribution in [3.63, 3.8) is 0 Å². The van der Waals surface area contributed by atoms with Crippen LogP contribution in [0.2, 0.25) is 0 Å². The molecule has 12 amide bonds. The van der Waals surface area contributed by atoms with Gasteiger partial charge in [-0.05, 0) is 132 Å². The number of likely N-dealkylation sites (tertiary alicyclic amines) is 1. The number of carbonyl (C=O) groups is 14. The number of urea groups is 2. The summed E-state index contributed by atoms with van der Waals surface area (Å²) in [5.74, 6) is -10.2. The minimum atomic E-state index is -1.72. The lowest BCUT2D eigenvalue weighted by molar-refractivity contribution is -0.148. The molecule has 11 atom stereocenters. The van der Waals surface area contributed by atoms with Gasteiger partial charge in [0.05, 0.1) is 30.3 Å². The Morgan fingerprint density at radius 2 is 1.33 bits per heavy atom. The number of thiazole rings is 1. The van der Waals surface area contributed by atoms with Crippen molar-refractivity contribution in [1.82, 2.24) is 73.5 Å². The Kier molecular flexibility index (Phi) is 45.7. The summed E-state index contributed by atoms with van der Waals surface area (Å²) in [5, 5.41) is 73.4. The summed E-state index contributed by atoms with van der Waals surface area (Å²) in [7, 11) is 4.46. The van der Waals surface area contributed by atoms with Gasteiger partial charge in [-0.3, -0.25) is 58.3 Å². The first kappa shape index (κ1) is 98.8. The number of piperidine rings is 1. The Morgan fingerprint density at radius 3 is 1.97 bits per heavy atom. The SMILES string of the molecule is CCCCCCOCN(C(=O)C(NC(=O)C1CCCCN1C)C(C)CC)[C@H](CCc1nc(C(=O)N[C@@H](Cc2ccc(O)cc2)CC(C)C(=O)NNC(=O)OCCSSC[C@@H](C)NC(=O)[C@H](CC(=O)O)NC(=O)C(CC(=O)O)NC(=O)Cc2ccc(CNC(=O)NCCCC[C@@H](C)NC(=O)N[C@@H](CCC(=O)O)C(=O)O)cc2)cs1)C(C)C. The third-order valence-electron chi connectivity index (χ3n) is 19.3. The number of benzene rings is 2. The van der Waals surface area contributed by atoms with Crippen LogP contribution in [0, 0.1) is 17.8 Å². The molecule has 3 aromatic rings. The highest BCUT2D eigenvalue weighted by atomic mass is 33.1. The highest BCUT2D eigenvalue weighted by Crippen LogP contribution is 2.26. The number of carboxylic acids is 4. The number of hydrogen-bond donors (Lipinski definition) is 16. The van der Waals surface area contributed by atoms with E-state index < -0.39 is 133 Å². The number of aromatic hydroxyl groups is 1. The van der Waals surface area contributed by atoms with Crippen LogP contribution in [0.5, 0.6) is 5.75 Å². The van der Waals surface area contributed by atoms with Crippen molar-refractivity contribution < 1.29 is 102 Å². The van der Waals surface area contributed by atoms with E-state index in [1.54, 1.807) is 67.4 Å². The molecule has 646 valence electrons. The first-order valence-electron chi connectivity index (χ1n) is 39.5. The lowest BCUT2D eigenvalue weighted by Gasteiger charge is -2.39. The average Bonchev–Trinajstić information content (AvgIpc) is 1.00. The molecular weight excluding hydrogens is 1570 g/mol. The fourth-order valence-corrected chi connectivity index (χ4v) is 15.4. The van der Waals surface area contributed by atoms with E-state index in [9.17, 15) is 87.5 Å². The van der Waals surface area contributed by atoms with E-state index in [0.717, 1.165) is 57.1 Å². The van der Waals surface area contributed by atoms with Crippen molar-refractivity contribution in [2.24, 2.45) is 17.8 Å². The van der Waals surface area contributed by atoms with E-state index in [-0.39, 0.29) is 110 Å². The molecule has 1 fully saturated rings. The molecular formula is C78H120N14O21S3. The van der Waals surface area contributed by atoms with Crippen LogP contribution >= 0.6 is 32.9 Å². The maximum Gasteiger partial charge on any atom is 0.426 e. The van der Waals surface area contributed by atoms with E-state index in [4.69, 9.17) is 19.6 Å². The van der Waals surface area contributed by atoms with E-state index in [1.165, 1.54) is 45.1 Å². The van der Waals surface area contributed by atoms with E-state index in [0.29, 0.717) is 67.8 Å². The third kappa shape index (κ3) is 38.9. The second kappa shape index (κ2) is 53.7. The summed E-state index contributed by atoms with van der Waals surface area (Å²) < 4.78 is 11.5. The number of phenols is 1. The molecule has 38 heteroatoms. The number of likely N-dealkylation sites (N-methyl/N-ethyl adjacent to an activating group) is 1. The first-order valence-corrected chi connectivity index (χ1v) is 42.9. The van der Waals surface area contributed by atoms with Crippen LogP contribution in [-0.4, -0.2) is 230 Å². The molecule has 16 N–H and O–H groups in total. The van der Waals surface area contributed by atoms with Gasteiger partial charge < -0.3 is 87.8 Å². The van der Waals surface area contributed by atoms with Crippen molar-refractivity contribution >= 4 is 116 Å². The normalized spacial score (nSPS) is 15.3. The predicted octanol–water partition coefficient (Wildman–Crippen LogP) is 6.35. The summed E-state index contributed by atoms with van der Waals surface area (Å²) in [4.78, 5) is 188. The highest BCUT2D eigenvalue weighted by molar-refractivity contribution is 8.76. The predicted molar refractivity (Wildman–Crippen MR) is 437 cm³/mol. The number of ether oxygens (including phenoxy) is 2. The van der Waals surface area contributed by atoms with Crippen molar-refractivity contribution in [1.29, 1.82) is 0 Å². The standard InChI is InChI=1S/C78H120N14O21S3/c1-10-12-13-18-35-112-46-92(74(106)68(48(5)11-2)88-73(105)62-20-15-17-34-91(62)9)61(47(3)4)30-31-64-85-60(45-114-64)72(104)83-55(39-52-25-27-56(93)28-26-52)38-49(6)69(101)89-90-78(111)113-36-37-115-116-44-51(8)81-70(102)59(42-67(99)100)86-71(103)58(41-66(97)98)84-63(94)40-53-21-23-54(24-22-53)43-80-76(109)79-33-16-14-19-50(7)82-77(110)87-57(75(107)108)29-32-65(95)96/h21-28,45,47-51,55,57-59,61-62,68,93H,10-20,29-44,46H2,1-9H3,(H,81,102)(H,83,104)(H,84,94)(H,86,103)(H,88,105)(H,89,101)(H,90,111)(H,95,96)(H,97,98)(H,99,100)(H,107,108)(H2,79,80,109)(H2,82,87,110)/t48?,49?,50-,51-,55-,57+,58?,59+,61-,62?,68?/m1/s1. The summed E-state index contributed by atoms with van der Waals surface area (Å²) in [6.45, 7) is 16.8. The van der Waals surface area contributed by atoms with E-state index >= 15 is 0 Å². The number of carboxylic acid groups (broad SMARTS) is 4. The smallest absolute Gasteiger partial charge is 0.426 e. The Morgan fingerprint density at radius 1 is 0.655 bits per heavy atom. The summed E-state index contributed by atoms with van der Waals surface area (Å²) in [5.41, 5.74) is 6.61. The molecule has 2 heterocycles. The molecule has 1 aliphatic rings. The summed E-state index contributed by atoms with van der Waals surface area (Å²) in [6.07, 6.45) is 6.44. The van der Waals surface area contributed by atoms with Crippen LogP contribution < -0.4 is 58.7 Å². The number of phenolic OH excluding ortho intramolecular Hbond substituents is 1. The van der Waals surface area contributed by atoms with Crippen LogP contribution in [-0.2, 0) is 83.2 Å². The topological polar surface area (TPSA) is 510 Å². The number of aryl methyl sites for hydroxylation is 1. The van der Waals surface area contributed by atoms with E-state index in [2.05, 4.69) is 70.5 Å². The van der Waals surface area contributed by atoms with Crippen molar-refractivity contribution in [3.05, 3.63) is 81.3 Å². The van der Waals surface area contributed by atoms with Gasteiger partial charge in [-0.2, -0.15) is 0 Å². The Labute approximate surface area is 689 Å². The van der Waals surface area contributed by atoms with Crippen LogP contribution in [0.15, 0.2) is 53.9 Å². The minimum absolute atomic E-state index is 0.0177. The molecule has 116 heavy (non-hydrogen) atoms. The van der Waals surface area contributed by atoms with Crippen LogP contribution in [0.1, 0.15) is 197 Å². The van der Waals surface area contributed by atoms with Crippen molar-refractivity contribution in [2.75, 3.05) is 51.6 Å². The molecule has 1 aromatic heterocycles. The Bertz CT molecular complexity index is 3660. The number of rotatable bonds is 54. The fourth-order valence-electron chi connectivity index (χ4n) is 12.5. The molecule has 0 saturated carbocycles.